The van der Waals surface area contributed by atoms with Crippen LogP contribution >= 0.6 is 0 Å². The minimum absolute atomic E-state index is 0.0529. The molecule has 1 aromatic rings. The second-order valence-electron chi connectivity index (χ2n) is 3.82. The molecule has 74 valence electrons. The molecule has 0 spiro atoms. The van der Waals surface area contributed by atoms with E-state index in [9.17, 15) is 4.79 Å². The fraction of sp³-hybridized carbons (Fsp3) is 0.455. The van der Waals surface area contributed by atoms with E-state index in [-0.39, 0.29) is 11.8 Å². The first kappa shape index (κ1) is 9.34. The summed E-state index contributed by atoms with van der Waals surface area (Å²) in [6, 6.07) is 3.13. The highest BCUT2D eigenvalue weighted by Crippen LogP contribution is 2.29. The number of rotatable bonds is 3. The third-order valence-corrected chi connectivity index (χ3v) is 2.93. The highest BCUT2D eigenvalue weighted by Gasteiger charge is 2.29. The number of carbonyl (C=O) groups excluding carboxylic acids is 1. The van der Waals surface area contributed by atoms with Crippen molar-refractivity contribution in [3.8, 4) is 0 Å². The Bertz CT molecular complexity index is 319. The fourth-order valence-corrected chi connectivity index (χ4v) is 1.72. The van der Waals surface area contributed by atoms with E-state index in [0.717, 1.165) is 12.8 Å². The van der Waals surface area contributed by atoms with E-state index in [1.165, 1.54) is 6.42 Å². The maximum Gasteiger partial charge on any atom is 0.179 e. The van der Waals surface area contributed by atoms with E-state index < -0.39 is 0 Å². The molecule has 2 N–H and O–H groups in total. The lowest BCUT2D eigenvalue weighted by molar-refractivity contribution is 0.0897. The van der Waals surface area contributed by atoms with E-state index in [1.54, 1.807) is 24.5 Å². The van der Waals surface area contributed by atoms with Gasteiger partial charge in [0.15, 0.2) is 5.78 Å². The normalized spacial score (nSPS) is 18.6. The highest BCUT2D eigenvalue weighted by molar-refractivity contribution is 6.00. The molecule has 3 nitrogen and oxygen atoms in total. The smallest absolute Gasteiger partial charge is 0.179 e. The number of nitrogens with two attached hydrogens (primary N) is 1. The Kier molecular flexibility index (Phi) is 2.59. The van der Waals surface area contributed by atoms with Crippen molar-refractivity contribution in [3.63, 3.8) is 0 Å². The molecule has 2 rings (SSSR count). The zero-order valence-corrected chi connectivity index (χ0v) is 8.02. The van der Waals surface area contributed by atoms with Crippen molar-refractivity contribution in [2.45, 2.75) is 25.3 Å². The summed E-state index contributed by atoms with van der Waals surface area (Å²) in [6.07, 6.45) is 6.65. The van der Waals surface area contributed by atoms with Gasteiger partial charge in [0.1, 0.15) is 0 Å². The van der Waals surface area contributed by atoms with Crippen molar-refractivity contribution in [1.29, 1.82) is 0 Å². The van der Waals surface area contributed by atoms with Gasteiger partial charge in [-0.3, -0.25) is 9.78 Å². The van der Waals surface area contributed by atoms with Crippen LogP contribution in [0.3, 0.4) is 0 Å². The zero-order chi connectivity index (χ0) is 9.97. The number of aromatic nitrogens is 1. The van der Waals surface area contributed by atoms with Gasteiger partial charge in [-0.15, -0.1) is 0 Å². The number of pyridine rings is 1. The lowest BCUT2D eigenvalue weighted by atomic mass is 9.78. The summed E-state index contributed by atoms with van der Waals surface area (Å²) in [6.45, 7) is 0. The second-order valence-corrected chi connectivity index (χ2v) is 3.82. The minimum Gasteiger partial charge on any atom is -0.321 e. The van der Waals surface area contributed by atoms with Crippen LogP contribution in [-0.2, 0) is 0 Å². The number of hydrogen-bond acceptors (Lipinski definition) is 3. The zero-order valence-electron chi connectivity index (χ0n) is 8.02. The van der Waals surface area contributed by atoms with Crippen molar-refractivity contribution < 1.29 is 4.79 Å². The van der Waals surface area contributed by atoms with Gasteiger partial charge in [0.05, 0.1) is 6.04 Å². The Labute approximate surface area is 83.3 Å². The molecule has 0 aromatic carbocycles. The Balaban J connectivity index is 2.07. The number of ketones is 1. The number of nitrogens with zero attached hydrogens (tertiary/aromatic N) is 1. The molecule has 0 aliphatic heterocycles. The van der Waals surface area contributed by atoms with Gasteiger partial charge < -0.3 is 5.73 Å². The van der Waals surface area contributed by atoms with E-state index in [1.807, 2.05) is 0 Å². The van der Waals surface area contributed by atoms with E-state index in [4.69, 9.17) is 5.73 Å². The Morgan fingerprint density at radius 3 is 2.57 bits per heavy atom. The van der Waals surface area contributed by atoms with Gasteiger partial charge in [-0.2, -0.15) is 0 Å². The van der Waals surface area contributed by atoms with E-state index in [2.05, 4.69) is 4.98 Å². The standard InChI is InChI=1S/C11H14N2O/c12-10(8-2-1-3-8)11(14)9-4-6-13-7-5-9/h4-8,10H,1-3,12H2. The fourth-order valence-electron chi connectivity index (χ4n) is 1.72. The molecule has 1 heterocycles. The van der Waals surface area contributed by atoms with Crippen LogP contribution in [0.5, 0.6) is 0 Å². The van der Waals surface area contributed by atoms with Crippen LogP contribution in [0.25, 0.3) is 0 Å². The Hall–Kier alpha value is -1.22. The SMILES string of the molecule is NC(C(=O)c1ccncc1)C1CCC1. The van der Waals surface area contributed by atoms with Crippen LogP contribution in [0, 0.1) is 5.92 Å². The minimum atomic E-state index is -0.314. The first-order valence-corrected chi connectivity index (χ1v) is 4.99. The third kappa shape index (κ3) is 1.68. The average Bonchev–Trinajstić information content (AvgIpc) is 2.15. The molecular formula is C11H14N2O. The molecule has 1 aromatic heterocycles. The summed E-state index contributed by atoms with van der Waals surface area (Å²) in [5.74, 6) is 0.452. The van der Waals surface area contributed by atoms with Gasteiger partial charge in [0.25, 0.3) is 0 Å². The largest absolute Gasteiger partial charge is 0.321 e. The van der Waals surface area contributed by atoms with Gasteiger partial charge in [0, 0.05) is 18.0 Å². The van der Waals surface area contributed by atoms with Crippen molar-refractivity contribution in [2.24, 2.45) is 11.7 Å². The molecule has 1 fully saturated rings. The summed E-state index contributed by atoms with van der Waals surface area (Å²) in [5.41, 5.74) is 6.56. The maximum absolute atomic E-state index is 11.8. The first-order valence-electron chi connectivity index (χ1n) is 4.99. The molecule has 0 radical (unpaired) electrons. The molecule has 0 bridgehead atoms. The molecule has 0 amide bonds. The molecule has 1 saturated carbocycles. The Morgan fingerprint density at radius 2 is 2.07 bits per heavy atom. The lowest BCUT2D eigenvalue weighted by Crippen LogP contribution is -2.41. The Morgan fingerprint density at radius 1 is 1.43 bits per heavy atom. The predicted molar refractivity (Wildman–Crippen MR) is 53.9 cm³/mol. The number of Topliss-reactive ketones (excluding diaryl/α,β-unsaturated/α-hetero) is 1. The summed E-state index contributed by atoms with van der Waals surface area (Å²) >= 11 is 0. The lowest BCUT2D eigenvalue weighted by Gasteiger charge is -2.30. The van der Waals surface area contributed by atoms with E-state index in [0.29, 0.717) is 11.5 Å². The molecule has 1 aliphatic rings. The molecule has 14 heavy (non-hydrogen) atoms. The van der Waals surface area contributed by atoms with Gasteiger partial charge in [0.2, 0.25) is 0 Å². The van der Waals surface area contributed by atoms with Crippen LogP contribution in [0.15, 0.2) is 24.5 Å². The molecule has 1 atom stereocenters. The molecular weight excluding hydrogens is 176 g/mol. The van der Waals surface area contributed by atoms with Gasteiger partial charge in [-0.1, -0.05) is 6.42 Å². The third-order valence-electron chi connectivity index (χ3n) is 2.93. The van der Waals surface area contributed by atoms with Gasteiger partial charge in [-0.25, -0.2) is 0 Å². The van der Waals surface area contributed by atoms with Crippen LogP contribution in [0.1, 0.15) is 29.6 Å². The molecule has 1 unspecified atom stereocenters. The maximum atomic E-state index is 11.8. The summed E-state index contributed by atoms with van der Waals surface area (Å²) in [7, 11) is 0. The number of hydrogen-bond donors (Lipinski definition) is 1. The average molecular weight is 190 g/mol. The van der Waals surface area contributed by atoms with Crippen molar-refractivity contribution in [2.75, 3.05) is 0 Å². The predicted octanol–water partition coefficient (Wildman–Crippen LogP) is 1.39. The van der Waals surface area contributed by atoms with Crippen molar-refractivity contribution >= 4 is 5.78 Å². The van der Waals surface area contributed by atoms with Crippen LogP contribution in [0.4, 0.5) is 0 Å². The highest BCUT2D eigenvalue weighted by atomic mass is 16.1. The van der Waals surface area contributed by atoms with Crippen LogP contribution in [0.2, 0.25) is 0 Å². The summed E-state index contributed by atoms with van der Waals surface area (Å²) in [4.78, 5) is 15.7. The second kappa shape index (κ2) is 3.88. The molecule has 1 aliphatic carbocycles. The van der Waals surface area contributed by atoms with Crippen LogP contribution in [-0.4, -0.2) is 16.8 Å². The summed E-state index contributed by atoms with van der Waals surface area (Å²) in [5, 5.41) is 0. The van der Waals surface area contributed by atoms with Gasteiger partial charge >= 0.3 is 0 Å². The van der Waals surface area contributed by atoms with Gasteiger partial charge in [-0.05, 0) is 30.9 Å². The van der Waals surface area contributed by atoms with E-state index >= 15 is 0 Å². The monoisotopic (exact) mass is 190 g/mol. The number of carbonyl (C=O) groups is 1. The topological polar surface area (TPSA) is 56.0 Å². The summed E-state index contributed by atoms with van der Waals surface area (Å²) < 4.78 is 0. The molecule has 0 saturated heterocycles. The van der Waals surface area contributed by atoms with Crippen molar-refractivity contribution in [3.05, 3.63) is 30.1 Å². The molecule has 3 heteroatoms. The van der Waals surface area contributed by atoms with Crippen molar-refractivity contribution in [1.82, 2.24) is 4.98 Å². The first-order chi connectivity index (χ1) is 6.79. The van der Waals surface area contributed by atoms with Crippen LogP contribution < -0.4 is 5.73 Å². The quantitative estimate of drug-likeness (QED) is 0.733.